The van der Waals surface area contributed by atoms with Crippen LogP contribution in [0.1, 0.15) is 269 Å². The Kier molecular flexibility index (Phi) is 37.8. The maximum atomic E-state index is 5.29. The molecule has 2 rings (SSSR count). The number of nitrogens with zero attached hydrogens (tertiary/aromatic N) is 2. The molecule has 0 bridgehead atoms. The topological polar surface area (TPSA) is 24.7 Å². The van der Waals surface area contributed by atoms with Gasteiger partial charge in [-0.3, -0.25) is 9.98 Å². The van der Waals surface area contributed by atoms with Crippen molar-refractivity contribution in [2.75, 3.05) is 0 Å². The molecular formula is C56H96N2Ni. The van der Waals surface area contributed by atoms with E-state index in [-0.39, 0.29) is 16.5 Å². The van der Waals surface area contributed by atoms with Crippen LogP contribution in [0, 0.1) is 0 Å². The third-order valence-corrected chi connectivity index (χ3v) is 12.5. The van der Waals surface area contributed by atoms with E-state index in [9.17, 15) is 0 Å². The van der Waals surface area contributed by atoms with Crippen LogP contribution < -0.4 is 0 Å². The molecule has 0 atom stereocenters. The van der Waals surface area contributed by atoms with Gasteiger partial charge in [-0.2, -0.15) is 0 Å². The number of hydrogen-bond donors (Lipinski definition) is 0. The quantitative estimate of drug-likeness (QED) is 0.0362. The molecule has 59 heavy (non-hydrogen) atoms. The van der Waals surface area contributed by atoms with Crippen molar-refractivity contribution in [2.24, 2.45) is 9.98 Å². The van der Waals surface area contributed by atoms with E-state index in [1.165, 1.54) is 241 Å². The van der Waals surface area contributed by atoms with Crippen LogP contribution in [-0.4, -0.2) is 11.9 Å². The minimum Gasteiger partial charge on any atom is -0.255 e. The van der Waals surface area contributed by atoms with Crippen LogP contribution in [0.5, 0.6) is 0 Å². The van der Waals surface area contributed by atoms with Crippen molar-refractivity contribution < 1.29 is 16.5 Å². The van der Waals surface area contributed by atoms with Crippen molar-refractivity contribution in [1.29, 1.82) is 0 Å². The Hall–Kier alpha value is -1.73. The Bertz CT molecular complexity index is 1290. The standard InChI is InChI=1S/C56H96N2.Ni/c1-6-11-16-17-18-19-20-21-22-23-24-25-26-27-28-29-30-31-32-33-34-35-36-37-42-56(58-55-46-44-51(39-13-8-3)53(48-55)41-15-10-5)49-57-54-45-43-50(38-12-7-2)52(47-54)40-14-9-4;/h43-49H,6-42H2,1-5H3;/b57-49+,58-56+;. The fraction of sp³-hybridized carbons (Fsp3) is 0.750. The first-order chi connectivity index (χ1) is 28.6. The zero-order valence-corrected chi connectivity index (χ0v) is 40.9. The monoisotopic (exact) mass is 855 g/mol. The van der Waals surface area contributed by atoms with Crippen molar-refractivity contribution in [3.63, 3.8) is 0 Å². The van der Waals surface area contributed by atoms with E-state index in [0.29, 0.717) is 0 Å². The van der Waals surface area contributed by atoms with E-state index in [0.717, 1.165) is 36.3 Å². The fourth-order valence-electron chi connectivity index (χ4n) is 8.53. The third kappa shape index (κ3) is 29.3. The zero-order chi connectivity index (χ0) is 41.6. The third-order valence-electron chi connectivity index (χ3n) is 12.5. The number of rotatable bonds is 40. The largest absolute Gasteiger partial charge is 0.255 e. The fourth-order valence-corrected chi connectivity index (χ4v) is 8.53. The minimum absolute atomic E-state index is 0. The summed E-state index contributed by atoms with van der Waals surface area (Å²) in [7, 11) is 0. The summed E-state index contributed by atoms with van der Waals surface area (Å²) in [6.45, 7) is 11.5. The van der Waals surface area contributed by atoms with Gasteiger partial charge in [-0.25, -0.2) is 0 Å². The summed E-state index contributed by atoms with van der Waals surface area (Å²) < 4.78 is 0. The van der Waals surface area contributed by atoms with Gasteiger partial charge in [-0.15, -0.1) is 0 Å². The summed E-state index contributed by atoms with van der Waals surface area (Å²) in [6.07, 6.45) is 52.0. The SMILES string of the molecule is CCCCCCCCCCCCCCCCCCCCCCCCCCC(/C=N/c1ccc(CCCC)c(CCCC)c1)=N\c1ccc(CCCC)c(CCCC)c1.[Ni]. The zero-order valence-electron chi connectivity index (χ0n) is 39.9. The Morgan fingerprint density at radius 1 is 0.356 bits per heavy atom. The molecule has 3 heteroatoms. The Morgan fingerprint density at radius 3 is 1.03 bits per heavy atom. The second kappa shape index (κ2) is 40.4. The molecule has 0 fully saturated rings. The first kappa shape index (κ1) is 55.3. The van der Waals surface area contributed by atoms with Gasteiger partial charge in [0.1, 0.15) is 0 Å². The predicted molar refractivity (Wildman–Crippen MR) is 264 cm³/mol. The Labute approximate surface area is 378 Å². The Balaban J connectivity index is 0.0000174. The molecule has 0 unspecified atom stereocenters. The summed E-state index contributed by atoms with van der Waals surface area (Å²) in [6, 6.07) is 14.0. The van der Waals surface area contributed by atoms with Crippen molar-refractivity contribution in [2.45, 2.75) is 272 Å². The molecule has 0 saturated heterocycles. The number of benzene rings is 2. The molecule has 0 heterocycles. The number of unbranched alkanes of at least 4 members (excludes halogenated alkanes) is 27. The summed E-state index contributed by atoms with van der Waals surface area (Å²) in [5.74, 6) is 0. The average Bonchev–Trinajstić information content (AvgIpc) is 3.24. The van der Waals surface area contributed by atoms with Crippen LogP contribution >= 0.6 is 0 Å². The van der Waals surface area contributed by atoms with E-state index in [1.54, 1.807) is 0 Å². The van der Waals surface area contributed by atoms with E-state index in [1.807, 2.05) is 0 Å². The number of aliphatic imine (C=N–C) groups is 2. The van der Waals surface area contributed by atoms with Crippen molar-refractivity contribution >= 4 is 23.3 Å². The molecule has 0 spiro atoms. The van der Waals surface area contributed by atoms with E-state index in [4.69, 9.17) is 9.98 Å². The van der Waals surface area contributed by atoms with Crippen LogP contribution in [0.2, 0.25) is 0 Å². The van der Waals surface area contributed by atoms with Crippen molar-refractivity contribution in [3.05, 3.63) is 58.7 Å². The molecule has 0 aromatic heterocycles. The van der Waals surface area contributed by atoms with Gasteiger partial charge in [-0.05, 0) is 111 Å². The first-order valence-electron chi connectivity index (χ1n) is 26.0. The normalized spacial score (nSPS) is 11.8. The maximum Gasteiger partial charge on any atom is 0.0636 e. The summed E-state index contributed by atoms with van der Waals surface area (Å²) in [5.41, 5.74) is 9.37. The van der Waals surface area contributed by atoms with Crippen LogP contribution in [0.25, 0.3) is 0 Å². The predicted octanol–water partition coefficient (Wildman–Crippen LogP) is 19.3. The first-order valence-corrected chi connectivity index (χ1v) is 26.0. The summed E-state index contributed by atoms with van der Waals surface area (Å²) >= 11 is 0. The van der Waals surface area contributed by atoms with Crippen LogP contribution in [0.4, 0.5) is 11.4 Å². The molecule has 2 nitrogen and oxygen atoms in total. The van der Waals surface area contributed by atoms with Crippen molar-refractivity contribution in [1.82, 2.24) is 0 Å². The van der Waals surface area contributed by atoms with Gasteiger partial charge in [-0.1, -0.05) is 220 Å². The van der Waals surface area contributed by atoms with Gasteiger partial charge in [0, 0.05) is 22.7 Å². The molecule has 0 N–H and O–H groups in total. The summed E-state index contributed by atoms with van der Waals surface area (Å²) in [5, 5.41) is 0. The smallest absolute Gasteiger partial charge is 0.0636 e. The molecule has 0 amide bonds. The molecule has 0 aliphatic rings. The molecule has 0 radical (unpaired) electrons. The van der Waals surface area contributed by atoms with E-state index >= 15 is 0 Å². The second-order valence-electron chi connectivity index (χ2n) is 18.1. The van der Waals surface area contributed by atoms with Gasteiger partial charge in [0.25, 0.3) is 0 Å². The number of aryl methyl sites for hydroxylation is 4. The number of hydrogen-bond acceptors (Lipinski definition) is 2. The van der Waals surface area contributed by atoms with Crippen LogP contribution in [0.3, 0.4) is 0 Å². The van der Waals surface area contributed by atoms with Gasteiger partial charge in [0.2, 0.25) is 0 Å². The van der Waals surface area contributed by atoms with Gasteiger partial charge in [0.15, 0.2) is 0 Å². The molecule has 2 aromatic rings. The van der Waals surface area contributed by atoms with Gasteiger partial charge < -0.3 is 0 Å². The molecule has 2 aromatic carbocycles. The molecule has 0 aliphatic heterocycles. The van der Waals surface area contributed by atoms with E-state index < -0.39 is 0 Å². The second-order valence-corrected chi connectivity index (χ2v) is 18.1. The van der Waals surface area contributed by atoms with E-state index in [2.05, 4.69) is 77.2 Å². The molecule has 340 valence electrons. The molecule has 0 aliphatic carbocycles. The minimum atomic E-state index is 0. The van der Waals surface area contributed by atoms with Gasteiger partial charge in [0.05, 0.1) is 17.1 Å². The Morgan fingerprint density at radius 2 is 0.661 bits per heavy atom. The maximum absolute atomic E-state index is 5.29. The average molecular weight is 856 g/mol. The van der Waals surface area contributed by atoms with Crippen LogP contribution in [-0.2, 0) is 42.2 Å². The van der Waals surface area contributed by atoms with Crippen LogP contribution in [0.15, 0.2) is 46.4 Å². The summed E-state index contributed by atoms with van der Waals surface area (Å²) in [4.78, 5) is 10.4. The molecular weight excluding hydrogens is 759 g/mol. The van der Waals surface area contributed by atoms with Gasteiger partial charge >= 0.3 is 0 Å². The molecule has 0 saturated carbocycles. The van der Waals surface area contributed by atoms with Crippen molar-refractivity contribution in [3.8, 4) is 0 Å².